The summed E-state index contributed by atoms with van der Waals surface area (Å²) in [7, 11) is 1.84. The molecule has 0 unspecified atom stereocenters. The number of ether oxygens (including phenoxy) is 1. The summed E-state index contributed by atoms with van der Waals surface area (Å²) in [6.45, 7) is 2.40. The summed E-state index contributed by atoms with van der Waals surface area (Å²) in [6, 6.07) is 14.6. The van der Waals surface area contributed by atoms with Crippen molar-refractivity contribution in [2.45, 2.75) is 19.3 Å². The molecule has 3 rings (SSSR count). The second-order valence-electron chi connectivity index (χ2n) is 7.49. The SMILES string of the molecule is CN(CCCOc1ccc(Cl)cc1)C(=O)C1CCN(C(=O)c2ccc(Br)cc2)CC1. The van der Waals surface area contributed by atoms with Gasteiger partial charge in [0, 0.05) is 47.7 Å². The van der Waals surface area contributed by atoms with Crippen molar-refractivity contribution in [3.63, 3.8) is 0 Å². The lowest BCUT2D eigenvalue weighted by Gasteiger charge is -2.33. The van der Waals surface area contributed by atoms with E-state index in [9.17, 15) is 9.59 Å². The summed E-state index contributed by atoms with van der Waals surface area (Å²) >= 11 is 9.25. The maximum Gasteiger partial charge on any atom is 0.253 e. The van der Waals surface area contributed by atoms with Gasteiger partial charge < -0.3 is 14.5 Å². The fourth-order valence-electron chi connectivity index (χ4n) is 3.55. The van der Waals surface area contributed by atoms with Gasteiger partial charge in [-0.15, -0.1) is 0 Å². The van der Waals surface area contributed by atoms with Crippen LogP contribution in [-0.2, 0) is 4.79 Å². The van der Waals surface area contributed by atoms with E-state index < -0.39 is 0 Å². The van der Waals surface area contributed by atoms with Crippen LogP contribution in [0, 0.1) is 5.92 Å². The minimum Gasteiger partial charge on any atom is -0.494 e. The van der Waals surface area contributed by atoms with Crippen molar-refractivity contribution in [3.05, 3.63) is 63.6 Å². The zero-order valence-corrected chi connectivity index (χ0v) is 19.4. The second-order valence-corrected chi connectivity index (χ2v) is 8.84. The topological polar surface area (TPSA) is 49.9 Å². The first-order chi connectivity index (χ1) is 14.4. The van der Waals surface area contributed by atoms with Crippen molar-refractivity contribution in [1.82, 2.24) is 9.80 Å². The zero-order chi connectivity index (χ0) is 21.5. The molecule has 0 radical (unpaired) electrons. The first kappa shape index (κ1) is 22.6. The highest BCUT2D eigenvalue weighted by Gasteiger charge is 2.29. The molecule has 0 spiro atoms. The lowest BCUT2D eigenvalue weighted by molar-refractivity contribution is -0.135. The van der Waals surface area contributed by atoms with Crippen molar-refractivity contribution < 1.29 is 14.3 Å². The van der Waals surface area contributed by atoms with Gasteiger partial charge in [0.25, 0.3) is 5.91 Å². The smallest absolute Gasteiger partial charge is 0.253 e. The second kappa shape index (κ2) is 10.8. The van der Waals surface area contributed by atoms with E-state index in [1.54, 1.807) is 17.0 Å². The molecule has 0 aromatic heterocycles. The number of hydrogen-bond donors (Lipinski definition) is 0. The molecule has 2 aromatic rings. The summed E-state index contributed by atoms with van der Waals surface area (Å²) < 4.78 is 6.63. The average Bonchev–Trinajstić information content (AvgIpc) is 2.77. The van der Waals surface area contributed by atoms with E-state index in [0.29, 0.717) is 49.7 Å². The molecule has 30 heavy (non-hydrogen) atoms. The van der Waals surface area contributed by atoms with Crippen molar-refractivity contribution >= 4 is 39.3 Å². The Morgan fingerprint density at radius 2 is 1.73 bits per heavy atom. The normalized spacial score (nSPS) is 14.4. The van der Waals surface area contributed by atoms with Crippen molar-refractivity contribution in [2.75, 3.05) is 33.3 Å². The zero-order valence-electron chi connectivity index (χ0n) is 17.0. The van der Waals surface area contributed by atoms with Gasteiger partial charge in [-0.1, -0.05) is 27.5 Å². The van der Waals surface area contributed by atoms with E-state index in [4.69, 9.17) is 16.3 Å². The highest BCUT2D eigenvalue weighted by Crippen LogP contribution is 2.22. The van der Waals surface area contributed by atoms with Crippen molar-refractivity contribution in [2.24, 2.45) is 5.92 Å². The van der Waals surface area contributed by atoms with E-state index in [0.717, 1.165) is 16.6 Å². The maximum atomic E-state index is 12.7. The number of amides is 2. The van der Waals surface area contributed by atoms with Crippen LogP contribution in [0.4, 0.5) is 0 Å². The Bertz CT molecular complexity index is 850. The maximum absolute atomic E-state index is 12.7. The number of halogens is 2. The molecule has 160 valence electrons. The van der Waals surface area contributed by atoms with Gasteiger partial charge in [-0.3, -0.25) is 9.59 Å². The van der Waals surface area contributed by atoms with Gasteiger partial charge >= 0.3 is 0 Å². The van der Waals surface area contributed by atoms with Crippen LogP contribution in [0.5, 0.6) is 5.75 Å². The molecule has 1 fully saturated rings. The number of carbonyl (C=O) groups is 2. The Morgan fingerprint density at radius 1 is 1.10 bits per heavy atom. The molecular formula is C23H26BrClN2O3. The summed E-state index contributed by atoms with van der Waals surface area (Å²) in [5, 5.41) is 0.678. The fourth-order valence-corrected chi connectivity index (χ4v) is 3.94. The fraction of sp³-hybridized carbons (Fsp3) is 0.391. The third kappa shape index (κ3) is 6.22. The molecule has 7 heteroatoms. The summed E-state index contributed by atoms with van der Waals surface area (Å²) in [4.78, 5) is 29.0. The van der Waals surface area contributed by atoms with Crippen LogP contribution in [0.25, 0.3) is 0 Å². The predicted octanol–water partition coefficient (Wildman–Crippen LogP) is 4.88. The third-order valence-corrected chi connectivity index (χ3v) is 6.10. The molecule has 0 aliphatic carbocycles. The molecule has 1 aliphatic rings. The number of piperidine rings is 1. The van der Waals surface area contributed by atoms with Crippen molar-refractivity contribution in [3.8, 4) is 5.75 Å². The van der Waals surface area contributed by atoms with Crippen LogP contribution in [0.1, 0.15) is 29.6 Å². The van der Waals surface area contributed by atoms with Gasteiger partial charge in [-0.05, 0) is 67.8 Å². The number of hydrogen-bond acceptors (Lipinski definition) is 3. The largest absolute Gasteiger partial charge is 0.494 e. The Labute approximate surface area is 191 Å². The Kier molecular flexibility index (Phi) is 8.16. The van der Waals surface area contributed by atoms with Crippen LogP contribution >= 0.6 is 27.5 Å². The number of likely N-dealkylation sites (tertiary alicyclic amines) is 1. The molecule has 1 heterocycles. The molecular weight excluding hydrogens is 468 g/mol. The summed E-state index contributed by atoms with van der Waals surface area (Å²) in [5.74, 6) is 0.927. The Balaban J connectivity index is 1.39. The van der Waals surface area contributed by atoms with Gasteiger partial charge in [0.15, 0.2) is 0 Å². The molecule has 1 saturated heterocycles. The van der Waals surface area contributed by atoms with E-state index in [-0.39, 0.29) is 17.7 Å². The first-order valence-electron chi connectivity index (χ1n) is 10.1. The molecule has 0 saturated carbocycles. The van der Waals surface area contributed by atoms with Gasteiger partial charge in [0.05, 0.1) is 6.61 Å². The van der Waals surface area contributed by atoms with Crippen LogP contribution in [0.3, 0.4) is 0 Å². The quantitative estimate of drug-likeness (QED) is 0.517. The van der Waals surface area contributed by atoms with Gasteiger partial charge in [0.1, 0.15) is 5.75 Å². The van der Waals surface area contributed by atoms with Crippen molar-refractivity contribution in [1.29, 1.82) is 0 Å². The lowest BCUT2D eigenvalue weighted by Crippen LogP contribution is -2.43. The average molecular weight is 494 g/mol. The molecule has 2 amide bonds. The number of benzene rings is 2. The first-order valence-corrected chi connectivity index (χ1v) is 11.3. The van der Waals surface area contributed by atoms with E-state index in [1.165, 1.54) is 0 Å². The highest BCUT2D eigenvalue weighted by molar-refractivity contribution is 9.10. The van der Waals surface area contributed by atoms with Crippen LogP contribution in [-0.4, -0.2) is 54.9 Å². The van der Waals surface area contributed by atoms with E-state index in [2.05, 4.69) is 15.9 Å². The Morgan fingerprint density at radius 3 is 2.37 bits per heavy atom. The standard InChI is InChI=1S/C23H26BrClN2O3/c1-26(13-2-16-30-21-9-7-20(25)8-10-21)22(28)18-11-14-27(15-12-18)23(29)17-3-5-19(24)6-4-17/h3-10,18H,2,11-16H2,1H3. The number of carbonyl (C=O) groups excluding carboxylic acids is 2. The molecule has 0 atom stereocenters. The van der Waals surface area contributed by atoms with Crippen LogP contribution in [0.15, 0.2) is 53.0 Å². The third-order valence-electron chi connectivity index (χ3n) is 5.32. The molecule has 0 bridgehead atoms. The van der Waals surface area contributed by atoms with E-state index in [1.807, 2.05) is 48.3 Å². The van der Waals surface area contributed by atoms with Gasteiger partial charge in [-0.25, -0.2) is 0 Å². The molecule has 0 N–H and O–H groups in total. The van der Waals surface area contributed by atoms with E-state index >= 15 is 0 Å². The Hall–Kier alpha value is -2.05. The van der Waals surface area contributed by atoms with Gasteiger partial charge in [-0.2, -0.15) is 0 Å². The monoisotopic (exact) mass is 492 g/mol. The van der Waals surface area contributed by atoms with Gasteiger partial charge in [0.2, 0.25) is 5.91 Å². The number of nitrogens with zero attached hydrogens (tertiary/aromatic N) is 2. The highest BCUT2D eigenvalue weighted by atomic mass is 79.9. The predicted molar refractivity (Wildman–Crippen MR) is 122 cm³/mol. The molecule has 2 aromatic carbocycles. The minimum absolute atomic E-state index is 0.0267. The van der Waals surface area contributed by atoms with Crippen LogP contribution in [0.2, 0.25) is 5.02 Å². The summed E-state index contributed by atoms with van der Waals surface area (Å²) in [5.41, 5.74) is 0.681. The summed E-state index contributed by atoms with van der Waals surface area (Å²) in [6.07, 6.45) is 2.16. The number of rotatable bonds is 7. The lowest BCUT2D eigenvalue weighted by atomic mass is 9.95. The molecule has 5 nitrogen and oxygen atoms in total. The molecule has 1 aliphatic heterocycles. The van der Waals surface area contributed by atoms with Crippen LogP contribution < -0.4 is 4.74 Å². The minimum atomic E-state index is -0.0267.